The molecule has 0 radical (unpaired) electrons. The summed E-state index contributed by atoms with van der Waals surface area (Å²) >= 11 is 0. The van der Waals surface area contributed by atoms with Gasteiger partial charge in [0, 0.05) is 32.7 Å². The Morgan fingerprint density at radius 3 is 2.57 bits per heavy atom. The highest BCUT2D eigenvalue weighted by molar-refractivity contribution is 7.89. The highest BCUT2D eigenvalue weighted by Gasteiger charge is 2.26. The van der Waals surface area contributed by atoms with Gasteiger partial charge < -0.3 is 20.3 Å². The molecule has 35 heavy (non-hydrogen) atoms. The summed E-state index contributed by atoms with van der Waals surface area (Å²) in [5.41, 5.74) is 6.71. The van der Waals surface area contributed by atoms with Crippen molar-refractivity contribution in [3.05, 3.63) is 54.6 Å². The van der Waals surface area contributed by atoms with Gasteiger partial charge in [-0.3, -0.25) is 5.10 Å². The van der Waals surface area contributed by atoms with E-state index in [0.717, 1.165) is 0 Å². The minimum Gasteiger partial charge on any atom is -0.410 e. The van der Waals surface area contributed by atoms with Crippen LogP contribution in [0.25, 0.3) is 0 Å². The number of aromatic nitrogens is 2. The summed E-state index contributed by atoms with van der Waals surface area (Å²) < 4.78 is 32.3. The molecule has 2 heterocycles. The van der Waals surface area contributed by atoms with Crippen molar-refractivity contribution in [2.45, 2.75) is 11.8 Å². The number of para-hydroxylation sites is 1. The van der Waals surface area contributed by atoms with E-state index in [1.807, 2.05) is 11.0 Å². The number of carbonyl (C=O) groups is 1. The Bertz CT molecular complexity index is 1300. The first-order valence-electron chi connectivity index (χ1n) is 11.0. The van der Waals surface area contributed by atoms with Crippen molar-refractivity contribution >= 4 is 39.1 Å². The van der Waals surface area contributed by atoms with E-state index in [-0.39, 0.29) is 17.3 Å². The second kappa shape index (κ2) is 10.5. The summed E-state index contributed by atoms with van der Waals surface area (Å²) in [5.74, 6) is 1.22. The lowest BCUT2D eigenvalue weighted by Gasteiger charge is -2.34. The number of hydrogen-bond donors (Lipinski definition) is 3. The predicted octanol–water partition coefficient (Wildman–Crippen LogP) is 3.03. The molecule has 4 N–H and O–H groups in total. The number of anilines is 2. The molecular formula is C22H26N8O4S. The van der Waals surface area contributed by atoms with Gasteiger partial charge in [-0.2, -0.15) is 10.2 Å². The lowest BCUT2D eigenvalue weighted by molar-refractivity contribution is 0.149. The average molecular weight is 499 g/mol. The zero-order chi connectivity index (χ0) is 24.8. The lowest BCUT2D eigenvalue weighted by atomic mass is 10.3. The van der Waals surface area contributed by atoms with Gasteiger partial charge in [0.15, 0.2) is 11.5 Å². The van der Waals surface area contributed by atoms with E-state index in [1.54, 1.807) is 48.2 Å². The number of sulfonamides is 1. The minimum absolute atomic E-state index is 0.0923. The number of aromatic amines is 1. The summed E-state index contributed by atoms with van der Waals surface area (Å²) in [6.07, 6.45) is -0.412. The molecule has 0 bridgehead atoms. The van der Waals surface area contributed by atoms with E-state index in [4.69, 9.17) is 10.5 Å². The van der Waals surface area contributed by atoms with Gasteiger partial charge in [0.25, 0.3) is 0 Å². The first-order chi connectivity index (χ1) is 16.9. The van der Waals surface area contributed by atoms with Crippen LogP contribution in [-0.2, 0) is 10.0 Å². The SMILES string of the molecule is CCNS(=O)(=O)c1cccc(N=Nc2c(N3CCN(C(=O)Oc4ccccc4)CC3)n[nH]c2N)c1. The molecule has 0 atom stereocenters. The van der Waals surface area contributed by atoms with Gasteiger partial charge in [0.1, 0.15) is 11.6 Å². The highest BCUT2D eigenvalue weighted by atomic mass is 32.2. The third-order valence-corrected chi connectivity index (χ3v) is 6.81. The minimum atomic E-state index is -3.62. The molecule has 13 heteroatoms. The van der Waals surface area contributed by atoms with Crippen molar-refractivity contribution in [1.82, 2.24) is 19.8 Å². The first-order valence-corrected chi connectivity index (χ1v) is 12.5. The number of benzene rings is 2. The normalized spacial score (nSPS) is 14.4. The van der Waals surface area contributed by atoms with Gasteiger partial charge in [0.2, 0.25) is 10.0 Å². The number of nitrogens with two attached hydrogens (primary N) is 1. The lowest BCUT2D eigenvalue weighted by Crippen LogP contribution is -2.49. The molecule has 4 rings (SSSR count). The summed E-state index contributed by atoms with van der Waals surface area (Å²) in [5, 5.41) is 15.4. The number of rotatable bonds is 7. The second-order valence-corrected chi connectivity index (χ2v) is 9.43. The van der Waals surface area contributed by atoms with Gasteiger partial charge in [-0.1, -0.05) is 31.2 Å². The van der Waals surface area contributed by atoms with Gasteiger partial charge in [-0.15, -0.1) is 5.11 Å². The van der Waals surface area contributed by atoms with Gasteiger partial charge in [-0.05, 0) is 30.3 Å². The maximum absolute atomic E-state index is 12.4. The molecule has 0 saturated carbocycles. The average Bonchev–Trinajstić information content (AvgIpc) is 3.23. The van der Waals surface area contributed by atoms with Crippen molar-refractivity contribution in [1.29, 1.82) is 0 Å². The molecule has 2 aromatic carbocycles. The van der Waals surface area contributed by atoms with E-state index in [9.17, 15) is 13.2 Å². The topological polar surface area (TPSA) is 158 Å². The maximum Gasteiger partial charge on any atom is 0.415 e. The molecule has 1 aromatic heterocycles. The first kappa shape index (κ1) is 24.2. The van der Waals surface area contributed by atoms with Crippen molar-refractivity contribution in [3.63, 3.8) is 0 Å². The Morgan fingerprint density at radius 2 is 1.86 bits per heavy atom. The standard InChI is InChI=1S/C22H26N8O4S/c1-2-24-35(32,33)18-10-6-7-16(15-18)25-26-19-20(23)27-28-21(19)29-11-13-30(14-12-29)22(31)34-17-8-4-3-5-9-17/h3-10,15,24H,2,11-14H2,1H3,(H3,23,27,28). The third kappa shape index (κ3) is 5.75. The number of piperazine rings is 1. The zero-order valence-electron chi connectivity index (χ0n) is 19.1. The Morgan fingerprint density at radius 1 is 1.11 bits per heavy atom. The number of nitrogen functional groups attached to an aromatic ring is 1. The molecular weight excluding hydrogens is 472 g/mol. The van der Waals surface area contributed by atoms with Crippen LogP contribution in [0.4, 0.5) is 27.8 Å². The van der Waals surface area contributed by atoms with Gasteiger partial charge in [0.05, 0.1) is 10.6 Å². The van der Waals surface area contributed by atoms with Crippen LogP contribution in [0.15, 0.2) is 69.7 Å². The van der Waals surface area contributed by atoms with Crippen molar-refractivity contribution in [2.75, 3.05) is 43.4 Å². The van der Waals surface area contributed by atoms with Crippen LogP contribution in [0, 0.1) is 0 Å². The quantitative estimate of drug-likeness (QED) is 0.422. The van der Waals surface area contributed by atoms with E-state index >= 15 is 0 Å². The van der Waals surface area contributed by atoms with E-state index in [1.165, 1.54) is 12.1 Å². The van der Waals surface area contributed by atoms with Crippen molar-refractivity contribution < 1.29 is 17.9 Å². The number of nitrogens with zero attached hydrogens (tertiary/aromatic N) is 5. The summed E-state index contributed by atoms with van der Waals surface area (Å²) in [6.45, 7) is 3.83. The molecule has 1 saturated heterocycles. The van der Waals surface area contributed by atoms with Crippen molar-refractivity contribution in [2.24, 2.45) is 10.2 Å². The molecule has 3 aromatic rings. The fourth-order valence-corrected chi connectivity index (χ4v) is 4.59. The zero-order valence-corrected chi connectivity index (χ0v) is 19.9. The summed E-state index contributed by atoms with van der Waals surface area (Å²) in [6, 6.07) is 15.0. The van der Waals surface area contributed by atoms with E-state index in [2.05, 4.69) is 25.1 Å². The number of H-pyrrole nitrogens is 1. The molecule has 0 unspecified atom stereocenters. The van der Waals surface area contributed by atoms with Crippen molar-refractivity contribution in [3.8, 4) is 5.75 Å². The molecule has 12 nitrogen and oxygen atoms in total. The number of hydrogen-bond acceptors (Lipinski definition) is 9. The van der Waals surface area contributed by atoms with Crippen LogP contribution in [0.2, 0.25) is 0 Å². The van der Waals surface area contributed by atoms with Crippen LogP contribution < -0.4 is 20.1 Å². The fraction of sp³-hybridized carbons (Fsp3) is 0.273. The van der Waals surface area contributed by atoms with Crippen LogP contribution in [0.1, 0.15) is 6.92 Å². The van der Waals surface area contributed by atoms with Crippen LogP contribution in [0.5, 0.6) is 5.75 Å². The Kier molecular flexibility index (Phi) is 7.27. The number of nitrogens with one attached hydrogen (secondary N) is 2. The Hall–Kier alpha value is -3.97. The number of carbonyl (C=O) groups excluding carboxylic acids is 1. The third-order valence-electron chi connectivity index (χ3n) is 5.26. The monoisotopic (exact) mass is 498 g/mol. The van der Waals surface area contributed by atoms with Crippen LogP contribution >= 0.6 is 0 Å². The molecule has 1 aliphatic rings. The largest absolute Gasteiger partial charge is 0.415 e. The summed E-state index contributed by atoms with van der Waals surface area (Å²) in [7, 11) is -3.62. The number of ether oxygens (including phenoxy) is 1. The Balaban J connectivity index is 1.43. The number of amides is 1. The Labute approximate surface area is 202 Å². The predicted molar refractivity (Wildman–Crippen MR) is 131 cm³/mol. The smallest absolute Gasteiger partial charge is 0.410 e. The fourth-order valence-electron chi connectivity index (χ4n) is 3.51. The van der Waals surface area contributed by atoms with Crippen LogP contribution in [0.3, 0.4) is 0 Å². The molecule has 1 fully saturated rings. The van der Waals surface area contributed by atoms with E-state index in [0.29, 0.717) is 49.1 Å². The highest BCUT2D eigenvalue weighted by Crippen LogP contribution is 2.34. The maximum atomic E-state index is 12.4. The van der Waals surface area contributed by atoms with Gasteiger partial charge >= 0.3 is 6.09 Å². The molecule has 0 aliphatic carbocycles. The van der Waals surface area contributed by atoms with Crippen LogP contribution in [-0.4, -0.2) is 62.3 Å². The second-order valence-electron chi connectivity index (χ2n) is 7.66. The van der Waals surface area contributed by atoms with Gasteiger partial charge in [-0.25, -0.2) is 17.9 Å². The number of azo groups is 1. The summed E-state index contributed by atoms with van der Waals surface area (Å²) in [4.78, 5) is 16.1. The molecule has 184 valence electrons. The molecule has 1 amide bonds. The van der Waals surface area contributed by atoms with E-state index < -0.39 is 16.1 Å². The molecule has 0 spiro atoms. The molecule has 1 aliphatic heterocycles.